The maximum atomic E-state index is 13.5. The van der Waals surface area contributed by atoms with E-state index in [9.17, 15) is 8.42 Å². The molecule has 4 aromatic rings. The average Bonchev–Trinajstić information content (AvgIpc) is 3.12. The fourth-order valence-electron chi connectivity index (χ4n) is 3.60. The van der Waals surface area contributed by atoms with E-state index in [4.69, 9.17) is 14.2 Å². The fourth-order valence-corrected chi connectivity index (χ4v) is 5.84. The lowest BCUT2D eigenvalue weighted by Crippen LogP contribution is -2.29. The summed E-state index contributed by atoms with van der Waals surface area (Å²) in [5.74, 6) is 1.49. The third kappa shape index (κ3) is 4.37. The van der Waals surface area contributed by atoms with Gasteiger partial charge in [0.1, 0.15) is 27.1 Å². The van der Waals surface area contributed by atoms with E-state index in [1.54, 1.807) is 31.5 Å². The molecule has 10 heteroatoms. The van der Waals surface area contributed by atoms with Gasteiger partial charge in [0, 0.05) is 24.2 Å². The Morgan fingerprint density at radius 1 is 1.06 bits per heavy atom. The zero-order chi connectivity index (χ0) is 22.8. The van der Waals surface area contributed by atoms with Gasteiger partial charge in [-0.05, 0) is 30.3 Å². The molecule has 3 heterocycles. The van der Waals surface area contributed by atoms with Crippen LogP contribution in [-0.2, 0) is 10.0 Å². The van der Waals surface area contributed by atoms with Crippen LogP contribution in [0.5, 0.6) is 17.2 Å². The molecule has 8 nitrogen and oxygen atoms in total. The van der Waals surface area contributed by atoms with E-state index in [1.165, 1.54) is 23.5 Å². The normalized spacial score (nSPS) is 14.6. The number of hydrogen-bond acceptors (Lipinski definition) is 8. The number of sulfonamides is 1. The molecule has 1 aliphatic rings. The van der Waals surface area contributed by atoms with Crippen LogP contribution in [0.1, 0.15) is 23.0 Å². The lowest BCUT2D eigenvalue weighted by molar-refractivity contribution is 0.297. The van der Waals surface area contributed by atoms with Gasteiger partial charge < -0.3 is 14.2 Å². The highest BCUT2D eigenvalue weighted by atomic mass is 32.2. The number of thiazole rings is 1. The van der Waals surface area contributed by atoms with Crippen molar-refractivity contribution in [2.45, 2.75) is 17.4 Å². The molecule has 2 aromatic heterocycles. The minimum Gasteiger partial charge on any atom is -0.496 e. The Morgan fingerprint density at radius 3 is 2.70 bits per heavy atom. The summed E-state index contributed by atoms with van der Waals surface area (Å²) in [4.78, 5) is 9.80. The van der Waals surface area contributed by atoms with Gasteiger partial charge in [0.25, 0.3) is 0 Å². The largest absolute Gasteiger partial charge is 0.496 e. The summed E-state index contributed by atoms with van der Waals surface area (Å²) in [6.07, 6.45) is 2.42. The van der Waals surface area contributed by atoms with Crippen molar-refractivity contribution in [3.8, 4) is 17.2 Å². The van der Waals surface area contributed by atoms with E-state index < -0.39 is 16.1 Å². The average molecular weight is 484 g/mol. The van der Waals surface area contributed by atoms with Gasteiger partial charge in [-0.15, -0.1) is 0 Å². The molecule has 0 spiro atoms. The van der Waals surface area contributed by atoms with E-state index in [0.29, 0.717) is 46.6 Å². The summed E-state index contributed by atoms with van der Waals surface area (Å²) in [6, 6.07) is 14.8. The van der Waals surface area contributed by atoms with Crippen LogP contribution < -0.4 is 18.9 Å². The predicted molar refractivity (Wildman–Crippen MR) is 125 cm³/mol. The van der Waals surface area contributed by atoms with Crippen LogP contribution in [0.4, 0.5) is 0 Å². The molecule has 1 atom stereocenters. The van der Waals surface area contributed by atoms with Gasteiger partial charge in [0.2, 0.25) is 10.0 Å². The summed E-state index contributed by atoms with van der Waals surface area (Å²) in [7, 11) is -2.41. The minimum atomic E-state index is -3.96. The maximum Gasteiger partial charge on any atom is 0.241 e. The standard InChI is InChI=1S/C23H21N3O5S2/c1-29-18-8-3-2-6-16(18)21(23-25-17-7-4-11-24-22(17)32-23)26-33(27,28)15-9-10-19-20(14-15)31-13-5-12-30-19/h2-4,6-11,14,21,26H,5,12-13H2,1H3/t21-/m0/s1. The first-order chi connectivity index (χ1) is 16.0. The number of nitrogens with one attached hydrogen (secondary N) is 1. The van der Waals surface area contributed by atoms with Gasteiger partial charge in [-0.3, -0.25) is 0 Å². The number of benzene rings is 2. The number of aromatic nitrogens is 2. The van der Waals surface area contributed by atoms with Crippen LogP contribution >= 0.6 is 11.3 Å². The number of fused-ring (bicyclic) bond motifs is 2. The molecule has 33 heavy (non-hydrogen) atoms. The molecule has 0 aliphatic carbocycles. The molecular weight excluding hydrogens is 462 g/mol. The monoisotopic (exact) mass is 483 g/mol. The highest BCUT2D eigenvalue weighted by molar-refractivity contribution is 7.89. The van der Waals surface area contributed by atoms with Crippen LogP contribution in [0.3, 0.4) is 0 Å². The molecule has 5 rings (SSSR count). The first-order valence-electron chi connectivity index (χ1n) is 10.3. The molecule has 0 saturated carbocycles. The molecule has 0 bridgehead atoms. The summed E-state index contributed by atoms with van der Waals surface area (Å²) in [5, 5.41) is 0.561. The minimum absolute atomic E-state index is 0.0749. The van der Waals surface area contributed by atoms with Crippen molar-refractivity contribution in [2.24, 2.45) is 0 Å². The second-order valence-corrected chi connectivity index (χ2v) is 10.1. The molecular formula is C23H21N3O5S2. The van der Waals surface area contributed by atoms with Gasteiger partial charge in [0.15, 0.2) is 11.5 Å². The van der Waals surface area contributed by atoms with Crippen molar-refractivity contribution < 1.29 is 22.6 Å². The van der Waals surface area contributed by atoms with E-state index in [0.717, 1.165) is 11.3 Å². The molecule has 0 fully saturated rings. The van der Waals surface area contributed by atoms with Crippen molar-refractivity contribution in [2.75, 3.05) is 20.3 Å². The van der Waals surface area contributed by atoms with Crippen LogP contribution in [0.25, 0.3) is 10.3 Å². The molecule has 1 N–H and O–H groups in total. The van der Waals surface area contributed by atoms with E-state index in [1.807, 2.05) is 24.3 Å². The van der Waals surface area contributed by atoms with Crippen molar-refractivity contribution in [3.05, 3.63) is 71.4 Å². The van der Waals surface area contributed by atoms with Crippen molar-refractivity contribution in [1.29, 1.82) is 0 Å². The van der Waals surface area contributed by atoms with Crippen molar-refractivity contribution >= 4 is 31.7 Å². The van der Waals surface area contributed by atoms with Crippen LogP contribution in [0.2, 0.25) is 0 Å². The fraction of sp³-hybridized carbons (Fsp3) is 0.217. The van der Waals surface area contributed by atoms with Crippen molar-refractivity contribution in [3.63, 3.8) is 0 Å². The summed E-state index contributed by atoms with van der Waals surface area (Å²) >= 11 is 1.33. The van der Waals surface area contributed by atoms with Gasteiger partial charge in [-0.2, -0.15) is 4.72 Å². The summed E-state index contributed by atoms with van der Waals surface area (Å²) in [6.45, 7) is 0.991. The molecule has 0 saturated heterocycles. The number of nitrogens with zero attached hydrogens (tertiary/aromatic N) is 2. The number of pyridine rings is 1. The third-order valence-corrected chi connectivity index (χ3v) is 7.65. The highest BCUT2D eigenvalue weighted by Gasteiger charge is 2.29. The van der Waals surface area contributed by atoms with Crippen LogP contribution in [0.15, 0.2) is 65.7 Å². The highest BCUT2D eigenvalue weighted by Crippen LogP contribution is 2.36. The number of hydrogen-bond donors (Lipinski definition) is 1. The molecule has 170 valence electrons. The molecule has 1 aliphatic heterocycles. The Bertz CT molecular complexity index is 1370. The van der Waals surface area contributed by atoms with E-state index >= 15 is 0 Å². The summed E-state index contributed by atoms with van der Waals surface area (Å²) < 4.78 is 46.6. The van der Waals surface area contributed by atoms with Crippen LogP contribution in [-0.4, -0.2) is 38.7 Å². The maximum absolute atomic E-state index is 13.5. The Morgan fingerprint density at radius 2 is 1.88 bits per heavy atom. The lowest BCUT2D eigenvalue weighted by atomic mass is 10.1. The van der Waals surface area contributed by atoms with E-state index in [2.05, 4.69) is 14.7 Å². The zero-order valence-electron chi connectivity index (χ0n) is 17.7. The number of rotatable bonds is 6. The van der Waals surface area contributed by atoms with Gasteiger partial charge in [-0.1, -0.05) is 29.5 Å². The topological polar surface area (TPSA) is 99.6 Å². The summed E-state index contributed by atoms with van der Waals surface area (Å²) in [5.41, 5.74) is 1.35. The smallest absolute Gasteiger partial charge is 0.241 e. The first-order valence-corrected chi connectivity index (χ1v) is 12.6. The molecule has 2 aromatic carbocycles. The Hall–Kier alpha value is -3.21. The van der Waals surface area contributed by atoms with Gasteiger partial charge in [-0.25, -0.2) is 18.4 Å². The van der Waals surface area contributed by atoms with Gasteiger partial charge >= 0.3 is 0 Å². The van der Waals surface area contributed by atoms with Crippen LogP contribution in [0, 0.1) is 0 Å². The Kier molecular flexibility index (Phi) is 5.88. The SMILES string of the molecule is COc1ccccc1[C@H](NS(=O)(=O)c1ccc2c(c1)OCCCO2)c1nc2cccnc2s1. The number of ether oxygens (including phenoxy) is 3. The number of para-hydroxylation sites is 1. The second kappa shape index (κ2) is 8.97. The first kappa shape index (κ1) is 21.6. The Balaban J connectivity index is 1.57. The lowest BCUT2D eigenvalue weighted by Gasteiger charge is -2.20. The zero-order valence-corrected chi connectivity index (χ0v) is 19.4. The molecule has 0 amide bonds. The molecule has 0 unspecified atom stereocenters. The quantitative estimate of drug-likeness (QED) is 0.444. The number of methoxy groups -OCH3 is 1. The third-order valence-electron chi connectivity index (χ3n) is 5.18. The second-order valence-electron chi connectivity index (χ2n) is 7.34. The van der Waals surface area contributed by atoms with Gasteiger partial charge in [0.05, 0.1) is 25.2 Å². The van der Waals surface area contributed by atoms with Crippen molar-refractivity contribution in [1.82, 2.24) is 14.7 Å². The predicted octanol–water partition coefficient (Wildman–Crippen LogP) is 3.93. The van der Waals surface area contributed by atoms with E-state index in [-0.39, 0.29) is 4.90 Å². The molecule has 0 radical (unpaired) electrons. The Labute approximate surface area is 195 Å².